The fourth-order valence-corrected chi connectivity index (χ4v) is 1.34. The molecular weight excluding hydrogens is 241 g/mol. The van der Waals surface area contributed by atoms with Gasteiger partial charge in [0.15, 0.2) is 12.0 Å². The van der Waals surface area contributed by atoms with Crippen LogP contribution in [0, 0.1) is 12.7 Å². The van der Waals surface area contributed by atoms with E-state index in [0.29, 0.717) is 17.5 Å². The fraction of sp³-hybridized carbons (Fsp3) is 0.0909. The molecule has 0 spiro atoms. The van der Waals surface area contributed by atoms with E-state index in [0.717, 1.165) is 0 Å². The van der Waals surface area contributed by atoms with Gasteiger partial charge in [-0.1, -0.05) is 0 Å². The van der Waals surface area contributed by atoms with Gasteiger partial charge >= 0.3 is 0 Å². The number of carbonyl (C=O) groups is 2. The van der Waals surface area contributed by atoms with Crippen molar-refractivity contribution in [3.8, 4) is 0 Å². The molecule has 1 amide bonds. The minimum Gasteiger partial charge on any atom is -0.320 e. The van der Waals surface area contributed by atoms with Crippen LogP contribution in [0.25, 0.3) is 0 Å². The van der Waals surface area contributed by atoms with Crippen LogP contribution >= 0.6 is 0 Å². The largest absolute Gasteiger partial charge is 0.320 e. The van der Waals surface area contributed by atoms with Crippen LogP contribution in [0.1, 0.15) is 26.5 Å². The van der Waals surface area contributed by atoms with Gasteiger partial charge in [-0.2, -0.15) is 0 Å². The number of aromatic nitrogens is 2. The second-order valence-corrected chi connectivity index (χ2v) is 3.53. The quantitative estimate of drug-likeness (QED) is 0.835. The number of benzene rings is 1. The predicted octanol–water partition coefficient (Wildman–Crippen LogP) is 1.58. The van der Waals surface area contributed by atoms with Crippen LogP contribution in [0.4, 0.5) is 10.1 Å². The Balaban J connectivity index is 2.21. The third-order valence-corrected chi connectivity index (χ3v) is 2.26. The second-order valence-electron chi connectivity index (χ2n) is 3.53. The van der Waals surface area contributed by atoms with Crippen molar-refractivity contribution in [1.82, 2.24) is 10.3 Å². The van der Waals surface area contributed by atoms with Crippen molar-refractivity contribution in [2.45, 2.75) is 6.92 Å². The van der Waals surface area contributed by atoms with Crippen LogP contribution in [0.2, 0.25) is 0 Å². The number of nitrogens with one attached hydrogen (secondary N) is 1. The topological polar surface area (TPSA) is 85.1 Å². The van der Waals surface area contributed by atoms with Gasteiger partial charge in [0.2, 0.25) is 5.69 Å². The van der Waals surface area contributed by atoms with E-state index in [9.17, 15) is 14.0 Å². The molecule has 0 aliphatic carbocycles. The Bertz CT molecular complexity index is 609. The molecule has 2 aromatic rings. The SMILES string of the molecule is Cc1cc(NC(=O)c2nonc2C=O)ccc1F. The van der Waals surface area contributed by atoms with E-state index >= 15 is 0 Å². The van der Waals surface area contributed by atoms with Gasteiger partial charge in [0.1, 0.15) is 5.82 Å². The summed E-state index contributed by atoms with van der Waals surface area (Å²) in [5.41, 5.74) is 0.374. The Morgan fingerprint density at radius 1 is 1.44 bits per heavy atom. The number of rotatable bonds is 3. The van der Waals surface area contributed by atoms with Crippen LogP contribution in [0.15, 0.2) is 22.8 Å². The number of aryl methyl sites for hydroxylation is 1. The molecule has 1 aromatic carbocycles. The minimum absolute atomic E-state index is 0.189. The maximum absolute atomic E-state index is 13.0. The molecule has 0 saturated carbocycles. The van der Waals surface area contributed by atoms with E-state index in [1.54, 1.807) is 6.92 Å². The first kappa shape index (κ1) is 11.9. The summed E-state index contributed by atoms with van der Waals surface area (Å²) in [4.78, 5) is 22.3. The molecule has 0 aliphatic rings. The molecule has 92 valence electrons. The molecule has 0 fully saturated rings. The third-order valence-electron chi connectivity index (χ3n) is 2.26. The van der Waals surface area contributed by atoms with Crippen molar-refractivity contribution < 1.29 is 18.6 Å². The molecule has 0 unspecified atom stereocenters. The predicted molar refractivity (Wildman–Crippen MR) is 58.8 cm³/mol. The summed E-state index contributed by atoms with van der Waals surface area (Å²) in [5.74, 6) is -1.02. The maximum Gasteiger partial charge on any atom is 0.280 e. The van der Waals surface area contributed by atoms with Crippen molar-refractivity contribution in [1.29, 1.82) is 0 Å². The molecule has 0 atom stereocenters. The van der Waals surface area contributed by atoms with Crippen LogP contribution in [0.5, 0.6) is 0 Å². The highest BCUT2D eigenvalue weighted by Crippen LogP contribution is 2.14. The highest BCUT2D eigenvalue weighted by Gasteiger charge is 2.17. The van der Waals surface area contributed by atoms with Crippen molar-refractivity contribution in [3.05, 3.63) is 41.0 Å². The van der Waals surface area contributed by atoms with Gasteiger partial charge in [-0.05, 0) is 41.0 Å². The lowest BCUT2D eigenvalue weighted by Crippen LogP contribution is -2.14. The summed E-state index contributed by atoms with van der Waals surface area (Å²) in [5, 5.41) is 9.03. The van der Waals surface area contributed by atoms with Gasteiger partial charge in [-0.3, -0.25) is 9.59 Å². The average molecular weight is 249 g/mol. The second kappa shape index (κ2) is 4.74. The molecule has 0 aliphatic heterocycles. The lowest BCUT2D eigenvalue weighted by molar-refractivity contribution is 0.101. The standard InChI is InChI=1S/C11H8FN3O3/c1-6-4-7(2-3-8(6)12)13-11(17)10-9(5-16)14-18-15-10/h2-5H,1H3,(H,13,17). The van der Waals surface area contributed by atoms with E-state index in [4.69, 9.17) is 0 Å². The summed E-state index contributed by atoms with van der Waals surface area (Å²) in [6.07, 6.45) is 0.362. The number of carbonyl (C=O) groups excluding carboxylic acids is 2. The highest BCUT2D eigenvalue weighted by molar-refractivity contribution is 6.06. The van der Waals surface area contributed by atoms with Crippen molar-refractivity contribution in [2.75, 3.05) is 5.32 Å². The molecule has 2 rings (SSSR count). The third kappa shape index (κ3) is 2.24. The van der Waals surface area contributed by atoms with Crippen LogP contribution in [-0.2, 0) is 0 Å². The molecule has 0 radical (unpaired) electrons. The van der Waals surface area contributed by atoms with Gasteiger partial charge in [0.25, 0.3) is 5.91 Å². The molecule has 1 aromatic heterocycles. The monoisotopic (exact) mass is 249 g/mol. The lowest BCUT2D eigenvalue weighted by Gasteiger charge is -2.04. The first-order valence-corrected chi connectivity index (χ1v) is 4.97. The zero-order valence-corrected chi connectivity index (χ0v) is 9.31. The average Bonchev–Trinajstić information content (AvgIpc) is 2.82. The number of hydrogen-bond donors (Lipinski definition) is 1. The number of nitrogens with zero attached hydrogens (tertiary/aromatic N) is 2. The first-order chi connectivity index (χ1) is 8.61. The Kier molecular flexibility index (Phi) is 3.13. The summed E-state index contributed by atoms with van der Waals surface area (Å²) >= 11 is 0. The molecule has 6 nitrogen and oxygen atoms in total. The van der Waals surface area contributed by atoms with Crippen molar-refractivity contribution in [2.24, 2.45) is 0 Å². The van der Waals surface area contributed by atoms with E-state index in [-0.39, 0.29) is 17.2 Å². The fourth-order valence-electron chi connectivity index (χ4n) is 1.34. The zero-order valence-electron chi connectivity index (χ0n) is 9.31. The number of halogens is 1. The summed E-state index contributed by atoms with van der Waals surface area (Å²) in [6.45, 7) is 1.57. The Morgan fingerprint density at radius 3 is 2.89 bits per heavy atom. The smallest absolute Gasteiger partial charge is 0.280 e. The number of amides is 1. The van der Waals surface area contributed by atoms with Crippen molar-refractivity contribution >= 4 is 17.9 Å². The highest BCUT2D eigenvalue weighted by atomic mass is 19.1. The Hall–Kier alpha value is -2.57. The Labute approximate surface area is 101 Å². The van der Waals surface area contributed by atoms with E-state index in [1.165, 1.54) is 18.2 Å². The maximum atomic E-state index is 13.0. The minimum atomic E-state index is -0.649. The number of hydrogen-bond acceptors (Lipinski definition) is 5. The van der Waals surface area contributed by atoms with Crippen LogP contribution in [-0.4, -0.2) is 22.5 Å². The summed E-state index contributed by atoms with van der Waals surface area (Å²) < 4.78 is 17.3. The normalized spacial score (nSPS) is 10.1. The van der Waals surface area contributed by atoms with E-state index < -0.39 is 5.91 Å². The zero-order chi connectivity index (χ0) is 13.1. The van der Waals surface area contributed by atoms with Gasteiger partial charge in [0.05, 0.1) is 0 Å². The lowest BCUT2D eigenvalue weighted by atomic mass is 10.2. The van der Waals surface area contributed by atoms with Gasteiger partial charge in [-0.15, -0.1) is 0 Å². The summed E-state index contributed by atoms with van der Waals surface area (Å²) in [7, 11) is 0. The molecule has 0 bridgehead atoms. The van der Waals surface area contributed by atoms with Gasteiger partial charge < -0.3 is 5.32 Å². The van der Waals surface area contributed by atoms with Crippen molar-refractivity contribution in [3.63, 3.8) is 0 Å². The molecule has 0 saturated heterocycles. The van der Waals surface area contributed by atoms with Gasteiger partial charge in [-0.25, -0.2) is 9.02 Å². The first-order valence-electron chi connectivity index (χ1n) is 4.97. The van der Waals surface area contributed by atoms with E-state index in [2.05, 4.69) is 20.3 Å². The molecule has 1 heterocycles. The van der Waals surface area contributed by atoms with Crippen LogP contribution in [0.3, 0.4) is 0 Å². The molecule has 18 heavy (non-hydrogen) atoms. The van der Waals surface area contributed by atoms with E-state index in [1.807, 2.05) is 0 Å². The van der Waals surface area contributed by atoms with Gasteiger partial charge in [0, 0.05) is 5.69 Å². The molecule has 1 N–H and O–H groups in total. The van der Waals surface area contributed by atoms with Crippen LogP contribution < -0.4 is 5.32 Å². The number of aldehydes is 1. The molecular formula is C11H8FN3O3. The summed E-state index contributed by atoms with van der Waals surface area (Å²) in [6, 6.07) is 4.09. The number of anilines is 1. The Morgan fingerprint density at radius 2 is 2.22 bits per heavy atom. The molecule has 7 heteroatoms.